The van der Waals surface area contributed by atoms with E-state index >= 15 is 0 Å². The number of piperidine rings is 1. The molecular formula is C20H31FN4O2. The van der Waals surface area contributed by atoms with E-state index < -0.39 is 6.10 Å². The highest BCUT2D eigenvalue weighted by molar-refractivity contribution is 5.80. The Morgan fingerprint density at radius 3 is 2.59 bits per heavy atom. The summed E-state index contributed by atoms with van der Waals surface area (Å²) in [6, 6.07) is 7.02. The topological polar surface area (TPSA) is 69.1 Å². The smallest absolute Gasteiger partial charge is 0.191 e. The molecule has 150 valence electrons. The highest BCUT2D eigenvalue weighted by Gasteiger charge is 2.31. The van der Waals surface area contributed by atoms with Gasteiger partial charge in [0.15, 0.2) is 5.96 Å². The number of aliphatic hydroxyl groups is 1. The third-order valence-corrected chi connectivity index (χ3v) is 4.99. The minimum absolute atomic E-state index is 0.119. The summed E-state index contributed by atoms with van der Waals surface area (Å²) < 4.78 is 18.4. The van der Waals surface area contributed by atoms with Crippen molar-refractivity contribution in [3.63, 3.8) is 0 Å². The lowest BCUT2D eigenvalue weighted by molar-refractivity contribution is 0.114. The normalized spacial score (nSPS) is 20.3. The predicted octanol–water partition coefficient (Wildman–Crippen LogP) is 1.75. The summed E-state index contributed by atoms with van der Waals surface area (Å²) >= 11 is 0. The van der Waals surface area contributed by atoms with E-state index in [1.54, 1.807) is 12.1 Å². The van der Waals surface area contributed by atoms with Crippen molar-refractivity contribution in [2.75, 3.05) is 32.8 Å². The quantitative estimate of drug-likeness (QED) is 0.475. The summed E-state index contributed by atoms with van der Waals surface area (Å²) in [5, 5.41) is 16.9. The van der Waals surface area contributed by atoms with Gasteiger partial charge in [-0.1, -0.05) is 0 Å². The second-order valence-electron chi connectivity index (χ2n) is 7.32. The number of halogens is 1. The molecule has 1 heterocycles. The second kappa shape index (κ2) is 9.90. The molecule has 1 saturated carbocycles. The van der Waals surface area contributed by atoms with Crippen LogP contribution in [0.5, 0.6) is 5.75 Å². The maximum atomic E-state index is 12.9. The molecule has 0 aromatic heterocycles. The SMILES string of the molecule is CCNC(=NCC(O)COc1ccc(F)cc1)NC1CCN(C2CC2)CC1. The lowest BCUT2D eigenvalue weighted by atomic mass is 10.1. The lowest BCUT2D eigenvalue weighted by Crippen LogP contribution is -2.49. The van der Waals surface area contributed by atoms with Gasteiger partial charge in [-0.05, 0) is 56.9 Å². The first-order valence-electron chi connectivity index (χ1n) is 9.99. The van der Waals surface area contributed by atoms with E-state index in [9.17, 15) is 9.50 Å². The highest BCUT2D eigenvalue weighted by atomic mass is 19.1. The molecule has 1 aliphatic carbocycles. The minimum atomic E-state index is -0.720. The Morgan fingerprint density at radius 1 is 1.26 bits per heavy atom. The van der Waals surface area contributed by atoms with Crippen LogP contribution in [0.2, 0.25) is 0 Å². The first-order chi connectivity index (χ1) is 13.1. The van der Waals surface area contributed by atoms with Crippen molar-refractivity contribution in [3.05, 3.63) is 30.1 Å². The van der Waals surface area contributed by atoms with Gasteiger partial charge in [0.05, 0.1) is 6.54 Å². The molecule has 1 aromatic rings. The Hall–Kier alpha value is -1.86. The van der Waals surface area contributed by atoms with Crippen LogP contribution in [0, 0.1) is 5.82 Å². The highest BCUT2D eigenvalue weighted by Crippen LogP contribution is 2.29. The number of guanidine groups is 1. The second-order valence-corrected chi connectivity index (χ2v) is 7.32. The van der Waals surface area contributed by atoms with Crippen molar-refractivity contribution in [1.29, 1.82) is 0 Å². The van der Waals surface area contributed by atoms with Gasteiger partial charge in [0.25, 0.3) is 0 Å². The molecule has 3 rings (SSSR count). The average molecular weight is 378 g/mol. The summed E-state index contributed by atoms with van der Waals surface area (Å²) in [5.74, 6) is 0.965. The molecule has 1 saturated heterocycles. The number of ether oxygens (including phenoxy) is 1. The number of likely N-dealkylation sites (tertiary alicyclic amines) is 1. The van der Waals surface area contributed by atoms with E-state index in [2.05, 4.69) is 20.5 Å². The predicted molar refractivity (Wildman–Crippen MR) is 105 cm³/mol. The zero-order valence-corrected chi connectivity index (χ0v) is 16.0. The summed E-state index contributed by atoms with van der Waals surface area (Å²) in [7, 11) is 0. The van der Waals surface area contributed by atoms with E-state index in [1.165, 1.54) is 25.0 Å². The minimum Gasteiger partial charge on any atom is -0.491 e. The molecule has 0 spiro atoms. The lowest BCUT2D eigenvalue weighted by Gasteiger charge is -2.33. The standard InChI is InChI=1S/C20H31FN4O2/c1-2-22-20(24-16-9-11-25(12-10-16)17-5-6-17)23-13-18(26)14-27-19-7-3-15(21)4-8-19/h3-4,7-8,16-18,26H,2,5-6,9-14H2,1H3,(H2,22,23,24). The van der Waals surface area contributed by atoms with Crippen molar-refractivity contribution in [2.24, 2.45) is 4.99 Å². The number of benzene rings is 1. The molecule has 1 aliphatic heterocycles. The fourth-order valence-corrected chi connectivity index (χ4v) is 3.33. The van der Waals surface area contributed by atoms with E-state index in [1.807, 2.05) is 6.92 Å². The van der Waals surface area contributed by atoms with Gasteiger partial charge in [0.2, 0.25) is 0 Å². The number of hydrogen-bond donors (Lipinski definition) is 3. The van der Waals surface area contributed by atoms with Crippen LogP contribution >= 0.6 is 0 Å². The average Bonchev–Trinajstić information content (AvgIpc) is 3.52. The van der Waals surface area contributed by atoms with Gasteiger partial charge in [-0.15, -0.1) is 0 Å². The van der Waals surface area contributed by atoms with Crippen LogP contribution < -0.4 is 15.4 Å². The molecule has 1 unspecified atom stereocenters. The summed E-state index contributed by atoms with van der Waals surface area (Å²) in [5.41, 5.74) is 0. The number of hydrogen-bond acceptors (Lipinski definition) is 4. The van der Waals surface area contributed by atoms with Crippen molar-refractivity contribution in [3.8, 4) is 5.75 Å². The van der Waals surface area contributed by atoms with Crippen LogP contribution in [0.15, 0.2) is 29.3 Å². The van der Waals surface area contributed by atoms with Crippen molar-refractivity contribution in [2.45, 2.75) is 50.8 Å². The van der Waals surface area contributed by atoms with E-state index in [-0.39, 0.29) is 19.0 Å². The number of rotatable bonds is 8. The van der Waals surface area contributed by atoms with E-state index in [0.717, 1.165) is 44.5 Å². The van der Waals surface area contributed by atoms with Gasteiger partial charge in [0.1, 0.15) is 24.3 Å². The Labute approximate surface area is 160 Å². The number of aliphatic hydroxyl groups excluding tert-OH is 1. The van der Waals surface area contributed by atoms with Crippen molar-refractivity contribution in [1.82, 2.24) is 15.5 Å². The summed E-state index contributed by atoms with van der Waals surface area (Å²) in [6.07, 6.45) is 4.25. The third-order valence-electron chi connectivity index (χ3n) is 4.99. The molecule has 7 heteroatoms. The van der Waals surface area contributed by atoms with Gasteiger partial charge in [-0.3, -0.25) is 4.99 Å². The largest absolute Gasteiger partial charge is 0.491 e. The molecule has 1 aromatic carbocycles. The molecule has 2 aliphatic rings. The molecule has 0 bridgehead atoms. The van der Waals surface area contributed by atoms with E-state index in [0.29, 0.717) is 11.8 Å². The fourth-order valence-electron chi connectivity index (χ4n) is 3.33. The molecule has 2 fully saturated rings. The molecule has 6 nitrogen and oxygen atoms in total. The van der Waals surface area contributed by atoms with E-state index in [4.69, 9.17) is 4.74 Å². The number of aliphatic imine (C=N–C) groups is 1. The zero-order chi connectivity index (χ0) is 19.1. The Balaban J connectivity index is 1.41. The fraction of sp³-hybridized carbons (Fsp3) is 0.650. The third kappa shape index (κ3) is 6.66. The van der Waals surface area contributed by atoms with Crippen LogP contribution in [0.1, 0.15) is 32.6 Å². The van der Waals surface area contributed by atoms with Gasteiger partial charge >= 0.3 is 0 Å². The van der Waals surface area contributed by atoms with Gasteiger partial charge in [0, 0.05) is 31.7 Å². The van der Waals surface area contributed by atoms with Crippen LogP contribution in [0.3, 0.4) is 0 Å². The molecule has 1 atom stereocenters. The molecular weight excluding hydrogens is 347 g/mol. The maximum Gasteiger partial charge on any atom is 0.191 e. The van der Waals surface area contributed by atoms with Crippen LogP contribution in [-0.4, -0.2) is 66.9 Å². The summed E-state index contributed by atoms with van der Waals surface area (Å²) in [4.78, 5) is 7.09. The molecule has 3 N–H and O–H groups in total. The Bertz CT molecular complexity index is 599. The van der Waals surface area contributed by atoms with Crippen LogP contribution in [0.25, 0.3) is 0 Å². The molecule has 27 heavy (non-hydrogen) atoms. The van der Waals surface area contributed by atoms with Crippen LogP contribution in [0.4, 0.5) is 4.39 Å². The van der Waals surface area contributed by atoms with Crippen molar-refractivity contribution < 1.29 is 14.2 Å². The molecule has 0 amide bonds. The zero-order valence-electron chi connectivity index (χ0n) is 16.0. The summed E-state index contributed by atoms with van der Waals surface area (Å²) in [6.45, 7) is 5.47. The first kappa shape index (κ1) is 19.9. The Morgan fingerprint density at radius 2 is 1.96 bits per heavy atom. The monoisotopic (exact) mass is 378 g/mol. The van der Waals surface area contributed by atoms with Gasteiger partial charge in [-0.2, -0.15) is 0 Å². The maximum absolute atomic E-state index is 12.9. The number of nitrogens with one attached hydrogen (secondary N) is 2. The van der Waals surface area contributed by atoms with Gasteiger partial charge in [-0.25, -0.2) is 4.39 Å². The molecule has 0 radical (unpaired) electrons. The van der Waals surface area contributed by atoms with Gasteiger partial charge < -0.3 is 25.4 Å². The van der Waals surface area contributed by atoms with Crippen LogP contribution in [-0.2, 0) is 0 Å². The number of nitrogens with zero attached hydrogens (tertiary/aromatic N) is 2. The Kier molecular flexibility index (Phi) is 7.29. The first-order valence-corrected chi connectivity index (χ1v) is 9.99. The van der Waals surface area contributed by atoms with Crippen molar-refractivity contribution >= 4 is 5.96 Å².